The van der Waals surface area contributed by atoms with Crippen LogP contribution >= 0.6 is 11.3 Å². The van der Waals surface area contributed by atoms with Gasteiger partial charge in [-0.25, -0.2) is 4.98 Å². The molecule has 1 aliphatic heterocycles. The molecule has 3 aromatic rings. The van der Waals surface area contributed by atoms with Gasteiger partial charge in [-0.15, -0.1) is 11.3 Å². The minimum absolute atomic E-state index is 0.0665. The van der Waals surface area contributed by atoms with Crippen LogP contribution in [0.1, 0.15) is 38.9 Å². The number of carbonyl (C=O) groups excluding carboxylic acids is 2. The first-order valence-corrected chi connectivity index (χ1v) is 10.8. The molecule has 6 nitrogen and oxygen atoms in total. The molecule has 0 spiro atoms. The number of benzene rings is 2. The second-order valence-corrected chi connectivity index (χ2v) is 8.36. The number of carbonyl (C=O) groups is 2. The number of aryl methyl sites for hydroxylation is 2. The van der Waals surface area contributed by atoms with E-state index in [4.69, 9.17) is 4.74 Å². The maximum Gasteiger partial charge on any atom is 0.294 e. The Hall–Kier alpha value is -3.45. The molecule has 1 aliphatic rings. The number of aromatic nitrogens is 1. The SMILES string of the molecule is CCOc1ccc(N2C(=O)C(O)=C(C(=O)c3sc(C)nc3C)C2c2ccccc2)cc1. The second-order valence-electron chi connectivity index (χ2n) is 7.15. The molecule has 4 rings (SSSR count). The van der Waals surface area contributed by atoms with E-state index in [0.717, 1.165) is 10.6 Å². The smallest absolute Gasteiger partial charge is 0.294 e. The van der Waals surface area contributed by atoms with Crippen molar-refractivity contribution in [2.75, 3.05) is 11.5 Å². The van der Waals surface area contributed by atoms with Gasteiger partial charge in [0.2, 0.25) is 5.78 Å². The van der Waals surface area contributed by atoms with E-state index in [2.05, 4.69) is 4.98 Å². The maximum atomic E-state index is 13.5. The van der Waals surface area contributed by atoms with Gasteiger partial charge in [0.05, 0.1) is 33.8 Å². The van der Waals surface area contributed by atoms with Crippen molar-refractivity contribution in [3.05, 3.63) is 87.1 Å². The van der Waals surface area contributed by atoms with E-state index in [1.54, 1.807) is 31.2 Å². The van der Waals surface area contributed by atoms with Gasteiger partial charge in [0, 0.05) is 5.69 Å². The summed E-state index contributed by atoms with van der Waals surface area (Å²) >= 11 is 1.26. The highest BCUT2D eigenvalue weighted by atomic mass is 32.1. The lowest BCUT2D eigenvalue weighted by atomic mass is 9.95. The Bertz CT molecular complexity index is 1170. The van der Waals surface area contributed by atoms with E-state index >= 15 is 0 Å². The first kappa shape index (κ1) is 20.8. The number of amides is 1. The van der Waals surface area contributed by atoms with Crippen molar-refractivity contribution in [1.29, 1.82) is 0 Å². The van der Waals surface area contributed by atoms with Gasteiger partial charge in [-0.3, -0.25) is 14.5 Å². The number of hydrogen-bond donors (Lipinski definition) is 1. The monoisotopic (exact) mass is 434 g/mol. The van der Waals surface area contributed by atoms with Crippen LogP contribution in [0.25, 0.3) is 0 Å². The molecule has 0 saturated heterocycles. The number of hydrogen-bond acceptors (Lipinski definition) is 6. The first-order chi connectivity index (χ1) is 14.9. The third-order valence-corrected chi connectivity index (χ3v) is 6.18. The van der Waals surface area contributed by atoms with Gasteiger partial charge in [0.25, 0.3) is 5.91 Å². The fourth-order valence-corrected chi connectivity index (χ4v) is 4.66. The summed E-state index contributed by atoms with van der Waals surface area (Å²) in [6.07, 6.45) is 0. The number of ketones is 1. The van der Waals surface area contributed by atoms with Crippen LogP contribution < -0.4 is 9.64 Å². The molecule has 0 saturated carbocycles. The van der Waals surface area contributed by atoms with Gasteiger partial charge in [-0.1, -0.05) is 30.3 Å². The highest BCUT2D eigenvalue weighted by molar-refractivity contribution is 7.14. The molecule has 31 heavy (non-hydrogen) atoms. The van der Waals surface area contributed by atoms with Crippen LogP contribution in [0.5, 0.6) is 5.75 Å². The summed E-state index contributed by atoms with van der Waals surface area (Å²) in [5.41, 5.74) is 1.95. The van der Waals surface area contributed by atoms with E-state index in [9.17, 15) is 14.7 Å². The van der Waals surface area contributed by atoms with Crippen molar-refractivity contribution in [3.63, 3.8) is 0 Å². The number of anilines is 1. The fourth-order valence-electron chi connectivity index (χ4n) is 3.79. The Balaban J connectivity index is 1.83. The number of aliphatic hydroxyl groups excluding tert-OH is 1. The third kappa shape index (κ3) is 3.72. The quantitative estimate of drug-likeness (QED) is 0.556. The largest absolute Gasteiger partial charge is 0.503 e. The van der Waals surface area contributed by atoms with Crippen molar-refractivity contribution in [3.8, 4) is 5.75 Å². The molecule has 158 valence electrons. The highest BCUT2D eigenvalue weighted by Crippen LogP contribution is 2.42. The molecule has 0 bridgehead atoms. The molecule has 7 heteroatoms. The number of nitrogens with zero attached hydrogens (tertiary/aromatic N) is 2. The lowest BCUT2D eigenvalue weighted by Crippen LogP contribution is -2.31. The predicted molar refractivity (Wildman–Crippen MR) is 120 cm³/mol. The molecule has 2 aromatic carbocycles. The minimum atomic E-state index is -0.749. The standard InChI is InChI=1S/C24H22N2O4S/c1-4-30-18-12-10-17(11-13-18)26-20(16-8-6-5-7-9-16)19(22(28)24(26)29)21(27)23-14(2)25-15(3)31-23/h5-13,20,28H,4H2,1-3H3. The summed E-state index contributed by atoms with van der Waals surface area (Å²) in [6, 6.07) is 15.5. The van der Waals surface area contributed by atoms with Crippen LogP contribution in [-0.4, -0.2) is 28.4 Å². The predicted octanol–water partition coefficient (Wildman–Crippen LogP) is 4.94. The zero-order valence-electron chi connectivity index (χ0n) is 17.5. The van der Waals surface area contributed by atoms with Crippen LogP contribution in [0.15, 0.2) is 65.9 Å². The molecule has 1 N–H and O–H groups in total. The molecule has 1 amide bonds. The van der Waals surface area contributed by atoms with Crippen molar-refractivity contribution in [2.45, 2.75) is 26.8 Å². The minimum Gasteiger partial charge on any atom is -0.503 e. The molecule has 1 atom stereocenters. The fraction of sp³-hybridized carbons (Fsp3) is 0.208. The summed E-state index contributed by atoms with van der Waals surface area (Å²) in [6.45, 7) is 6.01. The molecular weight excluding hydrogens is 412 g/mol. The van der Waals surface area contributed by atoms with E-state index < -0.39 is 17.7 Å². The summed E-state index contributed by atoms with van der Waals surface area (Å²) in [5.74, 6) is -0.840. The maximum absolute atomic E-state index is 13.5. The van der Waals surface area contributed by atoms with Crippen molar-refractivity contribution >= 4 is 28.7 Å². The van der Waals surface area contributed by atoms with E-state index in [0.29, 0.717) is 28.6 Å². The van der Waals surface area contributed by atoms with Crippen LogP contribution in [0.4, 0.5) is 5.69 Å². The molecule has 1 unspecified atom stereocenters. The van der Waals surface area contributed by atoms with Gasteiger partial charge in [-0.2, -0.15) is 0 Å². The summed E-state index contributed by atoms with van der Waals surface area (Å²) in [7, 11) is 0. The molecule has 2 heterocycles. The van der Waals surface area contributed by atoms with Crippen LogP contribution in [-0.2, 0) is 4.79 Å². The number of aliphatic hydroxyl groups is 1. The topological polar surface area (TPSA) is 79.7 Å². The number of Topliss-reactive ketones (excluding diaryl/α,β-unsaturated/α-hetero) is 1. The van der Waals surface area contributed by atoms with Gasteiger partial charge >= 0.3 is 0 Å². The van der Waals surface area contributed by atoms with E-state index in [1.807, 2.05) is 44.2 Å². The molecule has 0 fully saturated rings. The van der Waals surface area contributed by atoms with Crippen molar-refractivity contribution < 1.29 is 19.4 Å². The lowest BCUT2D eigenvalue weighted by Gasteiger charge is -2.27. The molecule has 0 radical (unpaired) electrons. The summed E-state index contributed by atoms with van der Waals surface area (Å²) in [4.78, 5) is 32.9. The van der Waals surface area contributed by atoms with E-state index in [-0.39, 0.29) is 11.4 Å². The third-order valence-electron chi connectivity index (χ3n) is 5.10. The number of rotatable bonds is 6. The Labute approximate surface area is 184 Å². The van der Waals surface area contributed by atoms with Crippen molar-refractivity contribution in [1.82, 2.24) is 4.98 Å². The molecule has 1 aromatic heterocycles. The van der Waals surface area contributed by atoms with Crippen LogP contribution in [0.3, 0.4) is 0 Å². The lowest BCUT2D eigenvalue weighted by molar-refractivity contribution is -0.117. The normalized spacial score (nSPS) is 16.2. The molecular formula is C24H22N2O4S. The van der Waals surface area contributed by atoms with Gasteiger partial charge in [-0.05, 0) is 50.6 Å². The van der Waals surface area contributed by atoms with Crippen LogP contribution in [0.2, 0.25) is 0 Å². The number of ether oxygens (including phenoxy) is 1. The van der Waals surface area contributed by atoms with Crippen LogP contribution in [0, 0.1) is 13.8 Å². The Morgan fingerprint density at radius 3 is 2.39 bits per heavy atom. The zero-order chi connectivity index (χ0) is 22.1. The van der Waals surface area contributed by atoms with Gasteiger partial charge < -0.3 is 9.84 Å². The highest BCUT2D eigenvalue weighted by Gasteiger charge is 2.45. The van der Waals surface area contributed by atoms with Gasteiger partial charge in [0.15, 0.2) is 5.76 Å². The summed E-state index contributed by atoms with van der Waals surface area (Å²) < 4.78 is 5.49. The number of thiazole rings is 1. The Morgan fingerprint density at radius 1 is 1.13 bits per heavy atom. The summed E-state index contributed by atoms with van der Waals surface area (Å²) in [5, 5.41) is 11.6. The molecule has 0 aliphatic carbocycles. The van der Waals surface area contributed by atoms with Crippen molar-refractivity contribution in [2.24, 2.45) is 0 Å². The van der Waals surface area contributed by atoms with E-state index in [1.165, 1.54) is 16.2 Å². The zero-order valence-corrected chi connectivity index (χ0v) is 18.3. The second kappa shape index (κ2) is 8.35. The van der Waals surface area contributed by atoms with Gasteiger partial charge in [0.1, 0.15) is 5.75 Å². The Morgan fingerprint density at radius 2 is 1.81 bits per heavy atom. The average Bonchev–Trinajstić information content (AvgIpc) is 3.25. The Kier molecular flexibility index (Phi) is 5.61. The average molecular weight is 435 g/mol. The first-order valence-electron chi connectivity index (χ1n) is 9.95.